The Bertz CT molecular complexity index is 126. The molecule has 2 N–H and O–H groups in total. The molecule has 0 heterocycles. The fourth-order valence-corrected chi connectivity index (χ4v) is 1.29. The summed E-state index contributed by atoms with van der Waals surface area (Å²) < 4.78 is 0. The lowest BCUT2D eigenvalue weighted by Gasteiger charge is -1.99. The van der Waals surface area contributed by atoms with Crippen LogP contribution in [0.2, 0.25) is 0 Å². The predicted octanol–water partition coefficient (Wildman–Crippen LogP) is 2.54. The average molecular weight is 187 g/mol. The lowest BCUT2D eigenvalue weighted by molar-refractivity contribution is -0.144. The van der Waals surface area contributed by atoms with Crippen molar-refractivity contribution in [2.24, 2.45) is 5.90 Å². The first-order valence-corrected chi connectivity index (χ1v) is 5.20. The van der Waals surface area contributed by atoms with E-state index in [1.165, 1.54) is 32.1 Å². The maximum absolute atomic E-state index is 10.6. The lowest BCUT2D eigenvalue weighted by atomic mass is 10.1. The summed E-state index contributed by atoms with van der Waals surface area (Å²) in [4.78, 5) is 14.7. The predicted molar refractivity (Wildman–Crippen MR) is 52.9 cm³/mol. The molecule has 0 rings (SSSR count). The summed E-state index contributed by atoms with van der Waals surface area (Å²) >= 11 is 0. The second-order valence-corrected chi connectivity index (χ2v) is 3.36. The molecule has 0 bridgehead atoms. The van der Waals surface area contributed by atoms with E-state index < -0.39 is 0 Å². The van der Waals surface area contributed by atoms with E-state index in [4.69, 9.17) is 5.90 Å². The largest absolute Gasteiger partial charge is 0.373 e. The molecule has 0 aromatic carbocycles. The number of hydrogen-bond donors (Lipinski definition) is 1. The summed E-state index contributed by atoms with van der Waals surface area (Å²) in [5.74, 6) is 4.41. The minimum atomic E-state index is -0.298. The van der Waals surface area contributed by atoms with E-state index in [-0.39, 0.29) is 5.97 Å². The second kappa shape index (κ2) is 9.52. The van der Waals surface area contributed by atoms with Gasteiger partial charge in [0.05, 0.1) is 0 Å². The molecule has 13 heavy (non-hydrogen) atoms. The fourth-order valence-electron chi connectivity index (χ4n) is 1.29. The van der Waals surface area contributed by atoms with Crippen molar-refractivity contribution in [2.45, 2.75) is 58.3 Å². The number of rotatable bonds is 8. The van der Waals surface area contributed by atoms with Gasteiger partial charge in [0.2, 0.25) is 0 Å². The van der Waals surface area contributed by atoms with Gasteiger partial charge in [-0.25, -0.2) is 0 Å². The van der Waals surface area contributed by atoms with Crippen LogP contribution in [0.1, 0.15) is 58.3 Å². The molecule has 78 valence electrons. The van der Waals surface area contributed by atoms with Gasteiger partial charge in [-0.3, -0.25) is 4.79 Å². The third-order valence-corrected chi connectivity index (χ3v) is 2.12. The van der Waals surface area contributed by atoms with E-state index in [1.54, 1.807) is 0 Å². The number of carbonyl (C=O) groups is 1. The van der Waals surface area contributed by atoms with Crippen molar-refractivity contribution in [1.29, 1.82) is 0 Å². The molecule has 0 unspecified atom stereocenters. The zero-order valence-corrected chi connectivity index (χ0v) is 8.55. The van der Waals surface area contributed by atoms with E-state index in [0.717, 1.165) is 12.8 Å². The van der Waals surface area contributed by atoms with Crippen molar-refractivity contribution >= 4 is 5.97 Å². The molecule has 0 aliphatic heterocycles. The third-order valence-electron chi connectivity index (χ3n) is 2.12. The molecule has 0 fully saturated rings. The maximum atomic E-state index is 10.6. The molecule has 0 atom stereocenters. The standard InChI is InChI=1S/C10H21NO2/c1-2-3-4-5-6-7-8-9-10(12)13-11/h2-9,11H2,1H3. The Hall–Kier alpha value is -0.570. The Kier molecular flexibility index (Phi) is 9.10. The van der Waals surface area contributed by atoms with Crippen LogP contribution in [0.25, 0.3) is 0 Å². The SMILES string of the molecule is CCCCCCCCCC(=O)ON. The topological polar surface area (TPSA) is 52.3 Å². The Labute approximate surface area is 80.6 Å². The maximum Gasteiger partial charge on any atom is 0.324 e. The van der Waals surface area contributed by atoms with Gasteiger partial charge < -0.3 is 4.84 Å². The summed E-state index contributed by atoms with van der Waals surface area (Å²) in [7, 11) is 0. The first-order valence-electron chi connectivity index (χ1n) is 5.20. The van der Waals surface area contributed by atoms with E-state index in [2.05, 4.69) is 11.8 Å². The molecule has 0 aliphatic carbocycles. The number of carbonyl (C=O) groups excluding carboxylic acids is 1. The van der Waals surface area contributed by atoms with Crippen molar-refractivity contribution in [2.75, 3.05) is 0 Å². The molecular weight excluding hydrogens is 166 g/mol. The summed E-state index contributed by atoms with van der Waals surface area (Å²) in [5.41, 5.74) is 0. The Morgan fingerprint density at radius 2 is 1.62 bits per heavy atom. The number of unbranched alkanes of at least 4 members (excludes halogenated alkanes) is 6. The molecule has 3 nitrogen and oxygen atoms in total. The van der Waals surface area contributed by atoms with Crippen LogP contribution in [-0.2, 0) is 9.63 Å². The first-order chi connectivity index (χ1) is 6.31. The molecule has 0 saturated heterocycles. The van der Waals surface area contributed by atoms with Gasteiger partial charge in [-0.05, 0) is 6.42 Å². The summed E-state index contributed by atoms with van der Waals surface area (Å²) in [6.45, 7) is 2.21. The van der Waals surface area contributed by atoms with Gasteiger partial charge in [-0.1, -0.05) is 45.4 Å². The van der Waals surface area contributed by atoms with E-state index in [0.29, 0.717) is 6.42 Å². The van der Waals surface area contributed by atoms with Crippen LogP contribution in [-0.4, -0.2) is 5.97 Å². The highest BCUT2D eigenvalue weighted by molar-refractivity contribution is 5.68. The molecule has 0 amide bonds. The molecule has 0 radical (unpaired) electrons. The van der Waals surface area contributed by atoms with Crippen molar-refractivity contribution < 1.29 is 9.63 Å². The van der Waals surface area contributed by atoms with Crippen LogP contribution in [0.5, 0.6) is 0 Å². The van der Waals surface area contributed by atoms with E-state index in [1.807, 2.05) is 0 Å². The smallest absolute Gasteiger partial charge is 0.324 e. The van der Waals surface area contributed by atoms with Crippen LogP contribution < -0.4 is 5.90 Å². The third kappa shape index (κ3) is 9.34. The highest BCUT2D eigenvalue weighted by Gasteiger charge is 1.99. The Balaban J connectivity index is 2.95. The van der Waals surface area contributed by atoms with Crippen molar-refractivity contribution in [3.8, 4) is 0 Å². The molecule has 0 aliphatic rings. The Morgan fingerprint density at radius 1 is 1.08 bits per heavy atom. The van der Waals surface area contributed by atoms with Crippen LogP contribution in [0, 0.1) is 0 Å². The van der Waals surface area contributed by atoms with Crippen molar-refractivity contribution in [3.63, 3.8) is 0 Å². The van der Waals surface area contributed by atoms with E-state index >= 15 is 0 Å². The van der Waals surface area contributed by atoms with E-state index in [9.17, 15) is 4.79 Å². The van der Waals surface area contributed by atoms with Gasteiger partial charge in [0.15, 0.2) is 0 Å². The highest BCUT2D eigenvalue weighted by atomic mass is 16.7. The lowest BCUT2D eigenvalue weighted by Crippen LogP contribution is -2.08. The quantitative estimate of drug-likeness (QED) is 0.469. The fraction of sp³-hybridized carbons (Fsp3) is 0.900. The molecule has 0 aromatic heterocycles. The molecule has 0 saturated carbocycles. The highest BCUT2D eigenvalue weighted by Crippen LogP contribution is 2.08. The van der Waals surface area contributed by atoms with Crippen molar-refractivity contribution in [1.82, 2.24) is 0 Å². The van der Waals surface area contributed by atoms with Gasteiger partial charge in [-0.15, -0.1) is 0 Å². The molecule has 0 aromatic rings. The number of hydrogen-bond acceptors (Lipinski definition) is 3. The van der Waals surface area contributed by atoms with Crippen LogP contribution in [0.15, 0.2) is 0 Å². The van der Waals surface area contributed by atoms with Crippen LogP contribution in [0.3, 0.4) is 0 Å². The summed E-state index contributed by atoms with van der Waals surface area (Å²) in [5, 5.41) is 0. The monoisotopic (exact) mass is 187 g/mol. The second-order valence-electron chi connectivity index (χ2n) is 3.36. The van der Waals surface area contributed by atoms with Gasteiger partial charge in [0.25, 0.3) is 0 Å². The minimum Gasteiger partial charge on any atom is -0.373 e. The van der Waals surface area contributed by atoms with Crippen molar-refractivity contribution in [3.05, 3.63) is 0 Å². The normalized spacial score (nSPS) is 10.0. The van der Waals surface area contributed by atoms with Crippen LogP contribution >= 0.6 is 0 Å². The minimum absolute atomic E-state index is 0.298. The van der Waals surface area contributed by atoms with Gasteiger partial charge >= 0.3 is 5.97 Å². The molecule has 3 heteroatoms. The van der Waals surface area contributed by atoms with Crippen LogP contribution in [0.4, 0.5) is 0 Å². The molecule has 0 spiro atoms. The van der Waals surface area contributed by atoms with Gasteiger partial charge in [0.1, 0.15) is 0 Å². The zero-order chi connectivity index (χ0) is 9.94. The number of nitrogens with two attached hydrogens (primary N) is 1. The average Bonchev–Trinajstić information content (AvgIpc) is 2.16. The van der Waals surface area contributed by atoms with Gasteiger partial charge in [0, 0.05) is 6.42 Å². The molecular formula is C10H21NO2. The zero-order valence-electron chi connectivity index (χ0n) is 8.55. The summed E-state index contributed by atoms with van der Waals surface area (Å²) in [6, 6.07) is 0. The summed E-state index contributed by atoms with van der Waals surface area (Å²) in [6.07, 6.45) is 8.90. The van der Waals surface area contributed by atoms with Gasteiger partial charge in [-0.2, -0.15) is 5.90 Å². The first kappa shape index (κ1) is 12.4. The Morgan fingerprint density at radius 3 is 2.15 bits per heavy atom.